The SMILES string of the molecule is C=CCn1c(C)cs/c1=N\N=C\c1ccc(S(=O)(=O)O)o1. The molecule has 0 saturated carbocycles. The third kappa shape index (κ3) is 3.78. The predicted octanol–water partition coefficient (Wildman–Crippen LogP) is 1.82. The van der Waals surface area contributed by atoms with Crippen LogP contribution in [-0.2, 0) is 16.7 Å². The first-order chi connectivity index (χ1) is 9.91. The van der Waals surface area contributed by atoms with Crippen LogP contribution in [0.5, 0.6) is 0 Å². The number of hydrogen-bond acceptors (Lipinski definition) is 6. The van der Waals surface area contributed by atoms with Gasteiger partial charge in [0.15, 0.2) is 0 Å². The van der Waals surface area contributed by atoms with E-state index in [1.807, 2.05) is 16.9 Å². The van der Waals surface area contributed by atoms with Crippen LogP contribution >= 0.6 is 11.3 Å². The maximum Gasteiger partial charge on any atom is 0.328 e. The van der Waals surface area contributed by atoms with Gasteiger partial charge in [-0.2, -0.15) is 13.5 Å². The molecule has 0 spiro atoms. The van der Waals surface area contributed by atoms with E-state index in [4.69, 9.17) is 8.97 Å². The molecule has 7 nitrogen and oxygen atoms in total. The molecular formula is C12H13N3O4S2. The summed E-state index contributed by atoms with van der Waals surface area (Å²) in [5, 5.41) is 9.31. The second kappa shape index (κ2) is 6.20. The maximum atomic E-state index is 10.8. The predicted molar refractivity (Wildman–Crippen MR) is 78.9 cm³/mol. The molecule has 0 atom stereocenters. The molecule has 2 heterocycles. The number of thiazole rings is 1. The van der Waals surface area contributed by atoms with Crippen molar-refractivity contribution < 1.29 is 17.4 Å². The van der Waals surface area contributed by atoms with E-state index < -0.39 is 15.2 Å². The number of furan rings is 1. The van der Waals surface area contributed by atoms with E-state index in [0.29, 0.717) is 11.3 Å². The topological polar surface area (TPSA) is 97.2 Å². The molecule has 0 bridgehead atoms. The first-order valence-corrected chi connectivity index (χ1v) is 8.14. The smallest absolute Gasteiger partial charge is 0.328 e. The van der Waals surface area contributed by atoms with E-state index in [0.717, 1.165) is 11.8 Å². The lowest BCUT2D eigenvalue weighted by Gasteiger charge is -1.98. The van der Waals surface area contributed by atoms with Gasteiger partial charge in [-0.1, -0.05) is 6.08 Å². The maximum absolute atomic E-state index is 10.8. The standard InChI is InChI=1S/C12H13N3O4S2/c1-3-6-15-9(2)8-20-12(15)14-13-7-10-4-5-11(19-10)21(16,17)18/h3-5,7-8H,1,6H2,2H3,(H,16,17,18)/b13-7+,14-12-. The molecule has 2 aromatic heterocycles. The fourth-order valence-corrected chi connectivity index (χ4v) is 2.81. The van der Waals surface area contributed by atoms with Gasteiger partial charge in [0, 0.05) is 17.6 Å². The Bertz CT molecular complexity index is 840. The summed E-state index contributed by atoms with van der Waals surface area (Å²) in [7, 11) is -4.34. The number of allylic oxidation sites excluding steroid dienone is 1. The first kappa shape index (κ1) is 15.4. The van der Waals surface area contributed by atoms with Crippen LogP contribution in [0.3, 0.4) is 0 Å². The number of rotatable bonds is 5. The highest BCUT2D eigenvalue weighted by molar-refractivity contribution is 7.85. The van der Waals surface area contributed by atoms with Gasteiger partial charge in [-0.05, 0) is 19.1 Å². The van der Waals surface area contributed by atoms with Crippen molar-refractivity contribution >= 4 is 27.7 Å². The molecule has 2 rings (SSSR count). The Morgan fingerprint density at radius 1 is 1.52 bits per heavy atom. The summed E-state index contributed by atoms with van der Waals surface area (Å²) >= 11 is 1.43. The van der Waals surface area contributed by atoms with Gasteiger partial charge in [-0.3, -0.25) is 4.55 Å². The molecule has 0 aromatic carbocycles. The largest absolute Gasteiger partial charge is 0.441 e. The zero-order valence-electron chi connectivity index (χ0n) is 11.1. The van der Waals surface area contributed by atoms with E-state index >= 15 is 0 Å². The molecule has 0 amide bonds. The summed E-state index contributed by atoms with van der Waals surface area (Å²) in [6.07, 6.45) is 3.02. The quantitative estimate of drug-likeness (QED) is 0.392. The second-order valence-electron chi connectivity index (χ2n) is 4.04. The fraction of sp³-hybridized carbons (Fsp3) is 0.167. The molecule has 0 saturated heterocycles. The van der Waals surface area contributed by atoms with Crippen LogP contribution in [0.4, 0.5) is 0 Å². The third-order valence-corrected chi connectivity index (χ3v) is 4.19. The van der Waals surface area contributed by atoms with Crippen molar-refractivity contribution in [2.45, 2.75) is 18.6 Å². The highest BCUT2D eigenvalue weighted by atomic mass is 32.2. The Morgan fingerprint density at radius 2 is 2.29 bits per heavy atom. The van der Waals surface area contributed by atoms with Crippen molar-refractivity contribution in [3.05, 3.63) is 46.4 Å². The minimum absolute atomic E-state index is 0.176. The summed E-state index contributed by atoms with van der Waals surface area (Å²) in [5.41, 5.74) is 1.04. The van der Waals surface area contributed by atoms with E-state index in [-0.39, 0.29) is 5.76 Å². The van der Waals surface area contributed by atoms with Crippen LogP contribution < -0.4 is 4.80 Å². The number of aromatic nitrogens is 1. The minimum Gasteiger partial charge on any atom is -0.441 e. The van der Waals surface area contributed by atoms with Gasteiger partial charge in [-0.15, -0.1) is 23.0 Å². The summed E-state index contributed by atoms with van der Waals surface area (Å²) in [5.74, 6) is 0.176. The van der Waals surface area contributed by atoms with E-state index in [1.165, 1.54) is 23.6 Å². The van der Waals surface area contributed by atoms with Crippen LogP contribution in [0, 0.1) is 6.92 Å². The molecule has 0 fully saturated rings. The van der Waals surface area contributed by atoms with Crippen LogP contribution in [0.25, 0.3) is 0 Å². The molecule has 0 unspecified atom stereocenters. The van der Waals surface area contributed by atoms with E-state index in [1.54, 1.807) is 6.08 Å². The molecule has 0 aliphatic rings. The van der Waals surface area contributed by atoms with Gasteiger partial charge in [0.1, 0.15) is 5.76 Å². The lowest BCUT2D eigenvalue weighted by atomic mass is 10.5. The zero-order valence-corrected chi connectivity index (χ0v) is 12.8. The zero-order chi connectivity index (χ0) is 15.5. The molecule has 0 aliphatic heterocycles. The Kier molecular flexibility index (Phi) is 4.56. The number of aryl methyl sites for hydroxylation is 1. The normalized spacial score (nSPS) is 13.1. The van der Waals surface area contributed by atoms with Gasteiger partial charge in [0.05, 0.1) is 6.21 Å². The van der Waals surface area contributed by atoms with Crippen molar-refractivity contribution in [3.8, 4) is 0 Å². The lowest BCUT2D eigenvalue weighted by molar-refractivity contribution is 0.404. The van der Waals surface area contributed by atoms with Gasteiger partial charge in [-0.25, -0.2) is 0 Å². The van der Waals surface area contributed by atoms with Gasteiger partial charge < -0.3 is 8.98 Å². The minimum atomic E-state index is -4.34. The highest BCUT2D eigenvalue weighted by Gasteiger charge is 2.13. The van der Waals surface area contributed by atoms with Crippen molar-refractivity contribution in [1.29, 1.82) is 0 Å². The van der Waals surface area contributed by atoms with Crippen molar-refractivity contribution in [2.24, 2.45) is 10.2 Å². The second-order valence-corrected chi connectivity index (χ2v) is 6.22. The van der Waals surface area contributed by atoms with Crippen molar-refractivity contribution in [3.63, 3.8) is 0 Å². The summed E-state index contributed by atoms with van der Waals surface area (Å²) in [6, 6.07) is 2.52. The average Bonchev–Trinajstić information content (AvgIpc) is 3.00. The van der Waals surface area contributed by atoms with Crippen molar-refractivity contribution in [2.75, 3.05) is 0 Å². The molecule has 0 radical (unpaired) electrons. The van der Waals surface area contributed by atoms with Gasteiger partial charge >= 0.3 is 10.1 Å². The van der Waals surface area contributed by atoms with Gasteiger partial charge in [0.25, 0.3) is 0 Å². The monoisotopic (exact) mass is 327 g/mol. The van der Waals surface area contributed by atoms with Crippen LogP contribution in [-0.4, -0.2) is 23.8 Å². The van der Waals surface area contributed by atoms with Crippen LogP contribution in [0.2, 0.25) is 0 Å². The molecule has 2 aromatic rings. The lowest BCUT2D eigenvalue weighted by Crippen LogP contribution is -2.14. The Hall–Kier alpha value is -1.97. The molecule has 112 valence electrons. The van der Waals surface area contributed by atoms with Crippen molar-refractivity contribution in [1.82, 2.24) is 4.57 Å². The fourth-order valence-electron chi connectivity index (χ4n) is 1.52. The Morgan fingerprint density at radius 3 is 2.90 bits per heavy atom. The summed E-state index contributed by atoms with van der Waals surface area (Å²) in [6.45, 7) is 6.25. The van der Waals surface area contributed by atoms with E-state index in [2.05, 4.69) is 16.8 Å². The molecule has 21 heavy (non-hydrogen) atoms. The first-order valence-electron chi connectivity index (χ1n) is 5.82. The Balaban J connectivity index is 2.24. The summed E-state index contributed by atoms with van der Waals surface area (Å²) < 4.78 is 37.3. The highest BCUT2D eigenvalue weighted by Crippen LogP contribution is 2.11. The molecular weight excluding hydrogens is 314 g/mol. The molecule has 1 N–H and O–H groups in total. The number of hydrogen-bond donors (Lipinski definition) is 1. The number of nitrogens with zero attached hydrogens (tertiary/aromatic N) is 3. The third-order valence-electron chi connectivity index (χ3n) is 2.49. The Labute approximate surface area is 125 Å². The summed E-state index contributed by atoms with van der Waals surface area (Å²) in [4.78, 5) is 0.685. The van der Waals surface area contributed by atoms with Crippen LogP contribution in [0.1, 0.15) is 11.5 Å². The van der Waals surface area contributed by atoms with Crippen LogP contribution in [0.15, 0.2) is 49.9 Å². The van der Waals surface area contributed by atoms with Gasteiger partial charge in [0.2, 0.25) is 9.89 Å². The molecule has 0 aliphatic carbocycles. The average molecular weight is 327 g/mol. The van der Waals surface area contributed by atoms with E-state index in [9.17, 15) is 8.42 Å². The molecule has 9 heteroatoms.